The van der Waals surface area contributed by atoms with Crippen LogP contribution in [0.1, 0.15) is 44.8 Å². The fourth-order valence-corrected chi connectivity index (χ4v) is 3.54. The fraction of sp³-hybridized carbons (Fsp3) is 0.812. The Balaban J connectivity index is 1.95. The first-order chi connectivity index (χ1) is 9.40. The van der Waals surface area contributed by atoms with Crippen LogP contribution in [0.3, 0.4) is 0 Å². The van der Waals surface area contributed by atoms with E-state index < -0.39 is 0 Å². The number of aromatic nitrogens is 1. The molecule has 0 spiro atoms. The van der Waals surface area contributed by atoms with Gasteiger partial charge in [-0.2, -0.15) is 0 Å². The SMILES string of the molecule is CCC1CNC(C(C)(C)C)CN1CCc1csc(C)n1. The molecule has 2 atom stereocenters. The molecule has 1 saturated heterocycles. The summed E-state index contributed by atoms with van der Waals surface area (Å²) in [7, 11) is 0. The van der Waals surface area contributed by atoms with E-state index in [-0.39, 0.29) is 0 Å². The summed E-state index contributed by atoms with van der Waals surface area (Å²) in [5.74, 6) is 0. The zero-order valence-corrected chi connectivity index (χ0v) is 14.4. The number of piperazine rings is 1. The van der Waals surface area contributed by atoms with Gasteiger partial charge in [0.1, 0.15) is 0 Å². The molecule has 2 unspecified atom stereocenters. The Morgan fingerprint density at radius 1 is 1.45 bits per heavy atom. The summed E-state index contributed by atoms with van der Waals surface area (Å²) in [4.78, 5) is 7.26. The minimum absolute atomic E-state index is 0.328. The Hall–Kier alpha value is -0.450. The Labute approximate surface area is 127 Å². The highest BCUT2D eigenvalue weighted by Gasteiger charge is 2.33. The molecule has 1 aliphatic rings. The molecule has 0 bridgehead atoms. The first kappa shape index (κ1) is 15.9. The van der Waals surface area contributed by atoms with Crippen LogP contribution in [0, 0.1) is 12.3 Å². The van der Waals surface area contributed by atoms with Crippen LogP contribution in [0.4, 0.5) is 0 Å². The maximum atomic E-state index is 4.59. The summed E-state index contributed by atoms with van der Waals surface area (Å²) in [5.41, 5.74) is 1.59. The third-order valence-corrected chi connectivity index (χ3v) is 5.19. The van der Waals surface area contributed by atoms with Crippen LogP contribution in [-0.4, -0.2) is 41.6 Å². The van der Waals surface area contributed by atoms with E-state index in [1.54, 1.807) is 11.3 Å². The monoisotopic (exact) mass is 295 g/mol. The van der Waals surface area contributed by atoms with E-state index in [1.807, 2.05) is 0 Å². The molecule has 114 valence electrons. The second-order valence-corrected chi connectivity index (χ2v) is 8.05. The van der Waals surface area contributed by atoms with Crippen molar-refractivity contribution in [2.75, 3.05) is 19.6 Å². The summed E-state index contributed by atoms with van der Waals surface area (Å²) in [6, 6.07) is 1.26. The average molecular weight is 295 g/mol. The van der Waals surface area contributed by atoms with E-state index in [1.165, 1.54) is 17.1 Å². The second kappa shape index (κ2) is 6.54. The molecule has 3 nitrogen and oxygen atoms in total. The lowest BCUT2D eigenvalue weighted by Crippen LogP contribution is -2.60. The highest BCUT2D eigenvalue weighted by atomic mass is 32.1. The van der Waals surface area contributed by atoms with Crippen molar-refractivity contribution in [3.05, 3.63) is 16.1 Å². The van der Waals surface area contributed by atoms with Gasteiger partial charge in [0.25, 0.3) is 0 Å². The Morgan fingerprint density at radius 2 is 2.20 bits per heavy atom. The Bertz CT molecular complexity index is 422. The first-order valence-electron chi connectivity index (χ1n) is 7.78. The van der Waals surface area contributed by atoms with Gasteiger partial charge in [-0.1, -0.05) is 27.7 Å². The van der Waals surface area contributed by atoms with Crippen LogP contribution >= 0.6 is 11.3 Å². The standard InChI is InChI=1S/C16H29N3S/c1-6-14-9-17-15(16(3,4)5)10-19(14)8-7-13-11-20-12(2)18-13/h11,14-15,17H,6-10H2,1-5H3. The zero-order chi connectivity index (χ0) is 14.8. The topological polar surface area (TPSA) is 28.2 Å². The average Bonchev–Trinajstić information content (AvgIpc) is 2.80. The number of thiazole rings is 1. The molecule has 2 heterocycles. The molecule has 0 radical (unpaired) electrons. The summed E-state index contributed by atoms with van der Waals surface area (Å²) in [6.45, 7) is 14.8. The highest BCUT2D eigenvalue weighted by molar-refractivity contribution is 7.09. The lowest BCUT2D eigenvalue weighted by atomic mass is 9.84. The van der Waals surface area contributed by atoms with Crippen LogP contribution in [0.2, 0.25) is 0 Å². The van der Waals surface area contributed by atoms with Gasteiger partial charge in [-0.25, -0.2) is 4.98 Å². The number of rotatable bonds is 4. The lowest BCUT2D eigenvalue weighted by Gasteiger charge is -2.45. The molecule has 0 saturated carbocycles. The smallest absolute Gasteiger partial charge is 0.0897 e. The normalized spacial score (nSPS) is 25.1. The molecule has 2 rings (SSSR count). The van der Waals surface area contributed by atoms with Gasteiger partial charge in [0.15, 0.2) is 0 Å². The van der Waals surface area contributed by atoms with Gasteiger partial charge in [-0.3, -0.25) is 4.90 Å². The number of aryl methyl sites for hydroxylation is 1. The molecule has 4 heteroatoms. The molecular formula is C16H29N3S. The Kier molecular flexibility index (Phi) is 5.21. The molecular weight excluding hydrogens is 266 g/mol. The summed E-state index contributed by atoms with van der Waals surface area (Å²) < 4.78 is 0. The van der Waals surface area contributed by atoms with E-state index in [2.05, 4.69) is 55.2 Å². The van der Waals surface area contributed by atoms with Crippen LogP contribution in [0.25, 0.3) is 0 Å². The van der Waals surface area contributed by atoms with Crippen LogP contribution < -0.4 is 5.32 Å². The quantitative estimate of drug-likeness (QED) is 0.925. The third-order valence-electron chi connectivity index (χ3n) is 4.37. The summed E-state index contributed by atoms with van der Waals surface area (Å²) in [6.07, 6.45) is 2.30. The van der Waals surface area contributed by atoms with Gasteiger partial charge < -0.3 is 5.32 Å². The zero-order valence-electron chi connectivity index (χ0n) is 13.6. The number of hydrogen-bond donors (Lipinski definition) is 1. The minimum atomic E-state index is 0.328. The largest absolute Gasteiger partial charge is 0.311 e. The van der Waals surface area contributed by atoms with Crippen molar-refractivity contribution in [1.82, 2.24) is 15.2 Å². The second-order valence-electron chi connectivity index (χ2n) is 6.99. The minimum Gasteiger partial charge on any atom is -0.311 e. The first-order valence-corrected chi connectivity index (χ1v) is 8.66. The fourth-order valence-electron chi connectivity index (χ4n) is 2.89. The van der Waals surface area contributed by atoms with Gasteiger partial charge >= 0.3 is 0 Å². The van der Waals surface area contributed by atoms with Crippen molar-refractivity contribution in [2.45, 2.75) is 59.5 Å². The molecule has 1 aromatic rings. The van der Waals surface area contributed by atoms with Crippen molar-refractivity contribution in [3.8, 4) is 0 Å². The van der Waals surface area contributed by atoms with Gasteiger partial charge in [0.05, 0.1) is 10.7 Å². The molecule has 0 aliphatic carbocycles. The van der Waals surface area contributed by atoms with E-state index in [0.717, 1.165) is 26.1 Å². The summed E-state index contributed by atoms with van der Waals surface area (Å²) in [5, 5.41) is 7.13. The van der Waals surface area contributed by atoms with Crippen molar-refractivity contribution in [3.63, 3.8) is 0 Å². The van der Waals surface area contributed by atoms with Crippen molar-refractivity contribution < 1.29 is 0 Å². The van der Waals surface area contributed by atoms with Crippen LogP contribution in [-0.2, 0) is 6.42 Å². The van der Waals surface area contributed by atoms with Crippen molar-refractivity contribution in [1.29, 1.82) is 0 Å². The third kappa shape index (κ3) is 4.03. The van der Waals surface area contributed by atoms with Crippen molar-refractivity contribution in [2.24, 2.45) is 5.41 Å². The van der Waals surface area contributed by atoms with Gasteiger partial charge in [0, 0.05) is 43.5 Å². The number of nitrogens with one attached hydrogen (secondary N) is 1. The molecule has 1 aromatic heterocycles. The van der Waals surface area contributed by atoms with Gasteiger partial charge in [0.2, 0.25) is 0 Å². The predicted octanol–water partition coefficient (Wildman–Crippen LogP) is 3.09. The molecule has 1 fully saturated rings. The number of nitrogens with zero attached hydrogens (tertiary/aromatic N) is 2. The van der Waals surface area contributed by atoms with Gasteiger partial charge in [-0.15, -0.1) is 11.3 Å². The maximum absolute atomic E-state index is 4.59. The van der Waals surface area contributed by atoms with E-state index in [0.29, 0.717) is 17.5 Å². The van der Waals surface area contributed by atoms with Gasteiger partial charge in [-0.05, 0) is 18.8 Å². The Morgan fingerprint density at radius 3 is 2.75 bits per heavy atom. The van der Waals surface area contributed by atoms with Crippen LogP contribution in [0.15, 0.2) is 5.38 Å². The molecule has 0 aromatic carbocycles. The highest BCUT2D eigenvalue weighted by Crippen LogP contribution is 2.24. The van der Waals surface area contributed by atoms with E-state index in [4.69, 9.17) is 0 Å². The van der Waals surface area contributed by atoms with E-state index in [9.17, 15) is 0 Å². The molecule has 1 N–H and O–H groups in total. The van der Waals surface area contributed by atoms with E-state index >= 15 is 0 Å². The molecule has 0 amide bonds. The molecule has 20 heavy (non-hydrogen) atoms. The van der Waals surface area contributed by atoms with Crippen molar-refractivity contribution >= 4 is 11.3 Å². The summed E-state index contributed by atoms with van der Waals surface area (Å²) >= 11 is 1.76. The number of hydrogen-bond acceptors (Lipinski definition) is 4. The van der Waals surface area contributed by atoms with Crippen LogP contribution in [0.5, 0.6) is 0 Å². The predicted molar refractivity (Wildman–Crippen MR) is 87.5 cm³/mol. The lowest BCUT2D eigenvalue weighted by molar-refractivity contribution is 0.0844. The molecule has 1 aliphatic heterocycles. The maximum Gasteiger partial charge on any atom is 0.0897 e.